The third-order valence-electron chi connectivity index (χ3n) is 1.85. The summed E-state index contributed by atoms with van der Waals surface area (Å²) in [5, 5.41) is 0. The molecule has 0 radical (unpaired) electrons. The van der Waals surface area contributed by atoms with E-state index in [1.165, 1.54) is 18.1 Å². The van der Waals surface area contributed by atoms with Crippen molar-refractivity contribution in [1.29, 1.82) is 0 Å². The van der Waals surface area contributed by atoms with E-state index < -0.39 is 0 Å². The molecule has 0 atom stereocenters. The quantitative estimate of drug-likeness (QED) is 0.486. The van der Waals surface area contributed by atoms with Crippen molar-refractivity contribution < 1.29 is 0 Å². The van der Waals surface area contributed by atoms with Gasteiger partial charge in [-0.25, -0.2) is 0 Å². The lowest BCUT2D eigenvalue weighted by molar-refractivity contribution is 1.69. The minimum absolute atomic E-state index is 0.909. The molecule has 1 aliphatic heterocycles. The molecular formula is C8H9B. The predicted molar refractivity (Wildman–Crippen MR) is 41.4 cm³/mol. The first-order valence-electron chi connectivity index (χ1n) is 3.52. The largest absolute Gasteiger partial charge is 0.174 e. The van der Waals surface area contributed by atoms with Crippen LogP contribution < -0.4 is 5.46 Å². The maximum Gasteiger partial charge on any atom is 0.174 e. The topological polar surface area (TPSA) is 0 Å². The second kappa shape index (κ2) is 1.91. The zero-order valence-electron chi connectivity index (χ0n) is 5.38. The summed E-state index contributed by atoms with van der Waals surface area (Å²) < 4.78 is 0. The summed E-state index contributed by atoms with van der Waals surface area (Å²) in [5.74, 6) is 0. The van der Waals surface area contributed by atoms with Gasteiger partial charge in [-0.15, -0.1) is 0 Å². The molecule has 0 N–H and O–H groups in total. The van der Waals surface area contributed by atoms with Crippen LogP contribution in [0.2, 0.25) is 12.6 Å². The molecule has 0 amide bonds. The highest BCUT2D eigenvalue weighted by molar-refractivity contribution is 6.82. The van der Waals surface area contributed by atoms with E-state index in [0.29, 0.717) is 0 Å². The van der Waals surface area contributed by atoms with Crippen molar-refractivity contribution in [3.63, 3.8) is 0 Å². The predicted octanol–water partition coefficient (Wildman–Crippen LogP) is 1.40. The van der Waals surface area contributed by atoms with Crippen molar-refractivity contribution in [2.24, 2.45) is 0 Å². The van der Waals surface area contributed by atoms with Crippen molar-refractivity contribution >= 4 is 12.2 Å². The van der Waals surface area contributed by atoms with Gasteiger partial charge in [0.05, 0.1) is 0 Å². The van der Waals surface area contributed by atoms with Gasteiger partial charge in [-0.05, 0) is 0 Å². The average Bonchev–Trinajstić information content (AvgIpc) is 2.71. The van der Waals surface area contributed by atoms with Crippen LogP contribution in [0.5, 0.6) is 0 Å². The zero-order valence-corrected chi connectivity index (χ0v) is 5.38. The summed E-state index contributed by atoms with van der Waals surface area (Å²) in [7, 11) is 0. The van der Waals surface area contributed by atoms with E-state index in [1.54, 1.807) is 0 Å². The number of rotatable bonds is 1. The van der Waals surface area contributed by atoms with Gasteiger partial charge in [-0.1, -0.05) is 48.4 Å². The van der Waals surface area contributed by atoms with Gasteiger partial charge in [-0.2, -0.15) is 0 Å². The molecule has 1 heteroatoms. The fourth-order valence-corrected chi connectivity index (χ4v) is 1.14. The summed E-state index contributed by atoms with van der Waals surface area (Å²) in [6.45, 7) is 0.909. The molecule has 1 fully saturated rings. The Bertz CT molecular complexity index is 189. The van der Waals surface area contributed by atoms with Gasteiger partial charge < -0.3 is 0 Å². The van der Waals surface area contributed by atoms with Crippen molar-refractivity contribution in [3.8, 4) is 0 Å². The zero-order chi connectivity index (χ0) is 6.10. The fourth-order valence-electron chi connectivity index (χ4n) is 1.14. The molecule has 0 aromatic heterocycles. The molecule has 1 heterocycles. The van der Waals surface area contributed by atoms with Crippen molar-refractivity contribution in [3.05, 3.63) is 30.3 Å². The van der Waals surface area contributed by atoms with Crippen LogP contribution in [-0.4, -0.2) is 6.71 Å². The lowest BCUT2D eigenvalue weighted by Crippen LogP contribution is -2.12. The Balaban J connectivity index is 2.29. The van der Waals surface area contributed by atoms with E-state index >= 15 is 0 Å². The van der Waals surface area contributed by atoms with Crippen LogP contribution in [0.1, 0.15) is 0 Å². The van der Waals surface area contributed by atoms with Gasteiger partial charge in [-0.3, -0.25) is 0 Å². The number of benzene rings is 1. The Morgan fingerprint density at radius 1 is 1.00 bits per heavy atom. The van der Waals surface area contributed by atoms with Crippen LogP contribution in [0, 0.1) is 0 Å². The lowest BCUT2D eigenvalue weighted by atomic mass is 9.64. The molecule has 0 nitrogen and oxygen atoms in total. The molecule has 9 heavy (non-hydrogen) atoms. The molecule has 0 spiro atoms. The summed E-state index contributed by atoms with van der Waals surface area (Å²) in [6.07, 6.45) is 2.81. The van der Waals surface area contributed by atoms with Gasteiger partial charge in [0.1, 0.15) is 0 Å². The van der Waals surface area contributed by atoms with E-state index in [-0.39, 0.29) is 0 Å². The molecule has 1 aromatic carbocycles. The first-order chi connectivity index (χ1) is 4.47. The Labute approximate surface area is 56.0 Å². The third kappa shape index (κ3) is 0.997. The van der Waals surface area contributed by atoms with E-state index in [2.05, 4.69) is 30.3 Å². The van der Waals surface area contributed by atoms with Gasteiger partial charge in [0, 0.05) is 0 Å². The normalized spacial score (nSPS) is 15.8. The molecule has 1 saturated heterocycles. The van der Waals surface area contributed by atoms with Crippen LogP contribution in [0.3, 0.4) is 0 Å². The molecule has 0 saturated carbocycles. The first kappa shape index (κ1) is 5.10. The molecular weight excluding hydrogens is 107 g/mol. The Hall–Kier alpha value is -0.715. The Kier molecular flexibility index (Phi) is 1.08. The van der Waals surface area contributed by atoms with Gasteiger partial charge >= 0.3 is 0 Å². The van der Waals surface area contributed by atoms with Gasteiger partial charge in [0.15, 0.2) is 6.71 Å². The van der Waals surface area contributed by atoms with Crippen LogP contribution in [0.25, 0.3) is 0 Å². The summed E-state index contributed by atoms with van der Waals surface area (Å²) in [6, 6.07) is 10.8. The molecule has 0 unspecified atom stereocenters. The highest BCUT2D eigenvalue weighted by Crippen LogP contribution is 2.20. The molecule has 1 aromatic rings. The second-order valence-corrected chi connectivity index (χ2v) is 2.68. The van der Waals surface area contributed by atoms with Crippen molar-refractivity contribution in [2.45, 2.75) is 12.6 Å². The average molecular weight is 116 g/mol. The maximum atomic E-state index is 2.22. The fraction of sp³-hybridized carbons (Fsp3) is 0.250. The Morgan fingerprint density at radius 3 is 2.22 bits per heavy atom. The Morgan fingerprint density at radius 2 is 1.67 bits per heavy atom. The van der Waals surface area contributed by atoms with Crippen molar-refractivity contribution in [1.82, 2.24) is 0 Å². The highest BCUT2D eigenvalue weighted by atomic mass is 14.0. The van der Waals surface area contributed by atoms with Crippen molar-refractivity contribution in [2.75, 3.05) is 0 Å². The molecule has 0 aliphatic carbocycles. The SMILES string of the molecule is c1ccc(B2CC2)cc1. The summed E-state index contributed by atoms with van der Waals surface area (Å²) in [4.78, 5) is 0. The van der Waals surface area contributed by atoms with E-state index in [1.807, 2.05) is 0 Å². The standard InChI is InChI=1S/C8H9B/c1-2-4-8(5-3-1)9-6-7-9/h1-5H,6-7H2. The van der Waals surface area contributed by atoms with Crippen LogP contribution in [0.15, 0.2) is 30.3 Å². The van der Waals surface area contributed by atoms with Crippen LogP contribution >= 0.6 is 0 Å². The number of hydrogen-bond acceptors (Lipinski definition) is 0. The third-order valence-corrected chi connectivity index (χ3v) is 1.85. The second-order valence-electron chi connectivity index (χ2n) is 2.68. The van der Waals surface area contributed by atoms with Crippen LogP contribution in [-0.2, 0) is 0 Å². The molecule has 0 bridgehead atoms. The van der Waals surface area contributed by atoms with Crippen LogP contribution in [0.4, 0.5) is 0 Å². The van der Waals surface area contributed by atoms with E-state index in [9.17, 15) is 0 Å². The van der Waals surface area contributed by atoms with Gasteiger partial charge in [0.25, 0.3) is 0 Å². The summed E-state index contributed by atoms with van der Waals surface area (Å²) >= 11 is 0. The maximum absolute atomic E-state index is 2.22. The minimum Gasteiger partial charge on any atom is -0.0801 e. The monoisotopic (exact) mass is 116 g/mol. The van der Waals surface area contributed by atoms with E-state index in [4.69, 9.17) is 0 Å². The highest BCUT2D eigenvalue weighted by Gasteiger charge is 2.27. The smallest absolute Gasteiger partial charge is 0.0801 e. The minimum atomic E-state index is 0.909. The molecule has 1 aliphatic rings. The van der Waals surface area contributed by atoms with E-state index in [0.717, 1.165) is 6.71 Å². The molecule has 44 valence electrons. The number of hydrogen-bond donors (Lipinski definition) is 0. The molecule has 2 rings (SSSR count). The first-order valence-corrected chi connectivity index (χ1v) is 3.52. The van der Waals surface area contributed by atoms with Gasteiger partial charge in [0.2, 0.25) is 0 Å². The lowest BCUT2D eigenvalue weighted by Gasteiger charge is -1.90. The summed E-state index contributed by atoms with van der Waals surface area (Å²) in [5.41, 5.74) is 1.53.